The zero-order valence-electron chi connectivity index (χ0n) is 15.9. The molecule has 0 spiro atoms. The Morgan fingerprint density at radius 3 is 2.90 bits per heavy atom. The molecule has 0 unspecified atom stereocenters. The monoisotopic (exact) mass is 472 g/mol. The Kier molecular flexibility index (Phi) is 4.88. The van der Waals surface area contributed by atoms with E-state index in [0.717, 1.165) is 16.5 Å². The summed E-state index contributed by atoms with van der Waals surface area (Å²) >= 11 is 3.21. The maximum Gasteiger partial charge on any atom is 0.254 e. The molecule has 0 aliphatic carbocycles. The lowest BCUT2D eigenvalue weighted by Gasteiger charge is -2.35. The van der Waals surface area contributed by atoms with Crippen molar-refractivity contribution in [3.8, 4) is 0 Å². The highest BCUT2D eigenvalue weighted by atomic mass is 79.9. The van der Waals surface area contributed by atoms with Crippen LogP contribution in [0.25, 0.3) is 10.9 Å². The zero-order chi connectivity index (χ0) is 20.8. The van der Waals surface area contributed by atoms with E-state index in [1.54, 1.807) is 17.0 Å². The van der Waals surface area contributed by atoms with Crippen LogP contribution >= 0.6 is 15.9 Å². The van der Waals surface area contributed by atoms with Gasteiger partial charge in [-0.05, 0) is 45.8 Å². The molecule has 30 heavy (non-hydrogen) atoms. The summed E-state index contributed by atoms with van der Waals surface area (Å²) in [5.74, 6) is -0.233. The molecule has 2 aliphatic heterocycles. The van der Waals surface area contributed by atoms with E-state index in [1.807, 2.05) is 6.07 Å². The van der Waals surface area contributed by atoms with Gasteiger partial charge in [0, 0.05) is 33.7 Å². The molecule has 1 fully saturated rings. The first-order valence-corrected chi connectivity index (χ1v) is 10.3. The summed E-state index contributed by atoms with van der Waals surface area (Å²) in [6, 6.07) is 6.06. The van der Waals surface area contributed by atoms with Gasteiger partial charge in [-0.25, -0.2) is 9.37 Å². The van der Waals surface area contributed by atoms with Crippen molar-refractivity contribution >= 4 is 38.6 Å². The lowest BCUT2D eigenvalue weighted by molar-refractivity contribution is -0.00493. The third-order valence-corrected chi connectivity index (χ3v) is 5.95. The molecule has 2 aliphatic rings. The first-order valence-electron chi connectivity index (χ1n) is 9.51. The number of nitrogens with two attached hydrogens (primary N) is 1. The number of amides is 1. The number of rotatable bonds is 2. The number of halogens is 2. The number of carbonyl (C=O) groups is 1. The Hall–Kier alpha value is -2.62. The number of nitrogens with zero attached hydrogens (tertiary/aromatic N) is 3. The van der Waals surface area contributed by atoms with Gasteiger partial charge >= 0.3 is 0 Å². The van der Waals surface area contributed by atoms with Gasteiger partial charge in [-0.15, -0.1) is 0 Å². The minimum absolute atomic E-state index is 0.187. The molecule has 1 saturated heterocycles. The first kappa shape index (κ1) is 19.3. The van der Waals surface area contributed by atoms with Gasteiger partial charge in [-0.2, -0.15) is 0 Å². The molecule has 1 amide bonds. The molecule has 0 bridgehead atoms. The average molecular weight is 473 g/mol. The molecule has 1 atom stereocenters. The van der Waals surface area contributed by atoms with Gasteiger partial charge in [0.1, 0.15) is 23.4 Å². The summed E-state index contributed by atoms with van der Waals surface area (Å²) in [4.78, 5) is 23.7. The Balaban J connectivity index is 1.54. The Morgan fingerprint density at radius 2 is 2.07 bits per heavy atom. The minimum atomic E-state index is -0.603. The van der Waals surface area contributed by atoms with Crippen LogP contribution in [0.5, 0.6) is 0 Å². The number of benzene rings is 1. The molecule has 5 rings (SSSR count). The summed E-state index contributed by atoms with van der Waals surface area (Å²) in [7, 11) is 0. The fourth-order valence-electron chi connectivity index (χ4n) is 4.01. The predicted octanol–water partition coefficient (Wildman–Crippen LogP) is 3.36. The van der Waals surface area contributed by atoms with Crippen LogP contribution in [0.2, 0.25) is 0 Å². The maximum absolute atomic E-state index is 14.6. The fraction of sp³-hybridized carbons (Fsp3) is 0.286. The van der Waals surface area contributed by atoms with Gasteiger partial charge in [-0.1, -0.05) is 0 Å². The smallest absolute Gasteiger partial charge is 0.254 e. The molecule has 4 heterocycles. The standard InChI is InChI=1S/C21H18BrFN4O3/c22-12-6-16(23)19(25-7-12)18-10-29-4-3-27(18)21(28)11-1-2-17-13(5-11)14-8-30-9-15(14)20(24)26-17/h1-2,5-7,18H,3-4,8-10H2,(H2,24,26)/t18-/m1/s1. The number of hydrogen-bond acceptors (Lipinski definition) is 6. The quantitative estimate of drug-likeness (QED) is 0.614. The number of anilines is 1. The van der Waals surface area contributed by atoms with Crippen LogP contribution in [0, 0.1) is 5.82 Å². The first-order chi connectivity index (χ1) is 14.5. The third kappa shape index (κ3) is 3.23. The predicted molar refractivity (Wildman–Crippen MR) is 111 cm³/mol. The van der Waals surface area contributed by atoms with E-state index in [4.69, 9.17) is 15.2 Å². The van der Waals surface area contributed by atoms with Gasteiger partial charge in [0.05, 0.1) is 31.9 Å². The van der Waals surface area contributed by atoms with Crippen LogP contribution in [-0.4, -0.2) is 40.5 Å². The van der Waals surface area contributed by atoms with E-state index >= 15 is 0 Å². The van der Waals surface area contributed by atoms with Crippen molar-refractivity contribution in [3.63, 3.8) is 0 Å². The molecule has 9 heteroatoms. The molecule has 154 valence electrons. The fourth-order valence-corrected chi connectivity index (χ4v) is 4.32. The zero-order valence-corrected chi connectivity index (χ0v) is 17.5. The van der Waals surface area contributed by atoms with Crippen molar-refractivity contribution < 1.29 is 18.7 Å². The summed E-state index contributed by atoms with van der Waals surface area (Å²) < 4.78 is 26.1. The van der Waals surface area contributed by atoms with Crippen molar-refractivity contribution in [3.05, 3.63) is 63.1 Å². The van der Waals surface area contributed by atoms with E-state index in [-0.39, 0.29) is 18.2 Å². The number of nitrogen functional groups attached to an aromatic ring is 1. The number of aromatic nitrogens is 2. The molecule has 0 saturated carbocycles. The normalized spacial score (nSPS) is 18.6. The number of hydrogen-bond donors (Lipinski definition) is 1. The van der Waals surface area contributed by atoms with Crippen LogP contribution in [0.3, 0.4) is 0 Å². The molecule has 7 nitrogen and oxygen atoms in total. The lowest BCUT2D eigenvalue weighted by Crippen LogP contribution is -2.44. The highest BCUT2D eigenvalue weighted by Gasteiger charge is 2.32. The van der Waals surface area contributed by atoms with Crippen LogP contribution in [0.4, 0.5) is 10.2 Å². The maximum atomic E-state index is 14.6. The Labute approximate surface area is 180 Å². The Bertz CT molecular complexity index is 1170. The van der Waals surface area contributed by atoms with Crippen molar-refractivity contribution in [1.29, 1.82) is 0 Å². The van der Waals surface area contributed by atoms with Crippen LogP contribution in [-0.2, 0) is 22.7 Å². The summed E-state index contributed by atoms with van der Waals surface area (Å²) in [5, 5.41) is 0.848. The number of carbonyl (C=O) groups excluding carboxylic acids is 1. The van der Waals surface area contributed by atoms with E-state index in [1.165, 1.54) is 12.3 Å². The van der Waals surface area contributed by atoms with E-state index in [0.29, 0.717) is 47.7 Å². The number of ether oxygens (including phenoxy) is 2. The second-order valence-electron chi connectivity index (χ2n) is 7.29. The molecular formula is C21H18BrFN4O3. The van der Waals surface area contributed by atoms with E-state index in [2.05, 4.69) is 25.9 Å². The highest BCUT2D eigenvalue weighted by molar-refractivity contribution is 9.10. The average Bonchev–Trinajstić information content (AvgIpc) is 3.24. The van der Waals surface area contributed by atoms with Gasteiger partial charge in [0.15, 0.2) is 0 Å². The van der Waals surface area contributed by atoms with Crippen LogP contribution in [0.15, 0.2) is 34.9 Å². The van der Waals surface area contributed by atoms with Crippen molar-refractivity contribution in [2.24, 2.45) is 0 Å². The molecular weight excluding hydrogens is 455 g/mol. The van der Waals surface area contributed by atoms with Gasteiger partial charge in [-0.3, -0.25) is 9.78 Å². The van der Waals surface area contributed by atoms with Gasteiger partial charge in [0.2, 0.25) is 0 Å². The van der Waals surface area contributed by atoms with Crippen molar-refractivity contribution in [2.75, 3.05) is 25.5 Å². The summed E-state index contributed by atoms with van der Waals surface area (Å²) in [5.41, 5.74) is 9.27. The number of fused-ring (bicyclic) bond motifs is 3. The van der Waals surface area contributed by atoms with Gasteiger partial charge < -0.3 is 20.1 Å². The Morgan fingerprint density at radius 1 is 1.23 bits per heavy atom. The second-order valence-corrected chi connectivity index (χ2v) is 8.20. The SMILES string of the molecule is Nc1nc2ccc(C(=O)N3CCOC[C@@H]3c3ncc(Br)cc3F)cc2c2c1COC2. The molecule has 3 aromatic rings. The minimum Gasteiger partial charge on any atom is -0.383 e. The largest absolute Gasteiger partial charge is 0.383 e. The molecule has 0 radical (unpaired) electrons. The number of pyridine rings is 2. The van der Waals surface area contributed by atoms with Crippen molar-refractivity contribution in [2.45, 2.75) is 19.3 Å². The van der Waals surface area contributed by atoms with E-state index in [9.17, 15) is 9.18 Å². The van der Waals surface area contributed by atoms with E-state index < -0.39 is 11.9 Å². The van der Waals surface area contributed by atoms with Crippen molar-refractivity contribution in [1.82, 2.24) is 14.9 Å². The third-order valence-electron chi connectivity index (χ3n) is 5.52. The van der Waals surface area contributed by atoms with Crippen LogP contribution < -0.4 is 5.73 Å². The molecule has 2 N–H and O–H groups in total. The molecule has 2 aromatic heterocycles. The second kappa shape index (κ2) is 7.57. The lowest BCUT2D eigenvalue weighted by atomic mass is 10.0. The summed E-state index contributed by atoms with van der Waals surface area (Å²) in [6.45, 7) is 1.77. The summed E-state index contributed by atoms with van der Waals surface area (Å²) in [6.07, 6.45) is 1.52. The molecule has 1 aromatic carbocycles. The van der Waals surface area contributed by atoms with Crippen LogP contribution in [0.1, 0.15) is 33.2 Å². The highest BCUT2D eigenvalue weighted by Crippen LogP contribution is 2.33. The van der Waals surface area contributed by atoms with Gasteiger partial charge in [0.25, 0.3) is 5.91 Å². The topological polar surface area (TPSA) is 90.6 Å². The number of morpholine rings is 1.